The number of nitrogens with one attached hydrogen (secondary N) is 1. The summed E-state index contributed by atoms with van der Waals surface area (Å²) >= 11 is 0. The van der Waals surface area contributed by atoms with E-state index in [1.54, 1.807) is 13.2 Å². The number of benzene rings is 1. The summed E-state index contributed by atoms with van der Waals surface area (Å²) in [4.78, 5) is 25.0. The third-order valence-corrected chi connectivity index (χ3v) is 9.81. The van der Waals surface area contributed by atoms with Crippen LogP contribution in [0.2, 0.25) is 0 Å². The molecule has 3 fully saturated rings. The van der Waals surface area contributed by atoms with Crippen molar-refractivity contribution in [1.29, 1.82) is 0 Å². The van der Waals surface area contributed by atoms with Crippen LogP contribution in [0.15, 0.2) is 36.4 Å². The van der Waals surface area contributed by atoms with Crippen molar-refractivity contribution in [3.8, 4) is 5.75 Å². The van der Waals surface area contributed by atoms with Gasteiger partial charge in [0, 0.05) is 17.0 Å². The van der Waals surface area contributed by atoms with E-state index in [4.69, 9.17) is 4.74 Å². The second-order valence-electron chi connectivity index (χ2n) is 10.6. The van der Waals surface area contributed by atoms with Gasteiger partial charge in [0.15, 0.2) is 0 Å². The zero-order valence-corrected chi connectivity index (χ0v) is 18.7. The molecule has 31 heavy (non-hydrogen) atoms. The molecule has 0 saturated heterocycles. The lowest BCUT2D eigenvalue weighted by molar-refractivity contribution is -0.154. The van der Waals surface area contributed by atoms with E-state index in [1.165, 1.54) is 0 Å². The van der Waals surface area contributed by atoms with Gasteiger partial charge in [-0.1, -0.05) is 38.1 Å². The Kier molecular flexibility index (Phi) is 4.55. The predicted octanol–water partition coefficient (Wildman–Crippen LogP) is 4.31. The van der Waals surface area contributed by atoms with E-state index in [0.717, 1.165) is 37.7 Å². The Morgan fingerprint density at radius 1 is 1.10 bits per heavy atom. The maximum Gasteiger partial charge on any atom is 0.314 e. The number of carbonyl (C=O) groups is 2. The van der Waals surface area contributed by atoms with Crippen LogP contribution in [0.1, 0.15) is 57.9 Å². The van der Waals surface area contributed by atoms with E-state index in [1.807, 2.05) is 24.3 Å². The Morgan fingerprint density at radius 2 is 1.84 bits per heavy atom. The van der Waals surface area contributed by atoms with E-state index in [2.05, 4.69) is 25.2 Å². The van der Waals surface area contributed by atoms with Gasteiger partial charge in [-0.25, -0.2) is 0 Å². The number of aliphatic carboxylic acids is 1. The normalized spacial score (nSPS) is 43.4. The van der Waals surface area contributed by atoms with Crippen LogP contribution >= 0.6 is 0 Å². The molecule has 1 aromatic rings. The Bertz CT molecular complexity index is 956. The molecular formula is C26H33NO4. The van der Waals surface area contributed by atoms with Gasteiger partial charge in [0.2, 0.25) is 5.91 Å². The Balaban J connectivity index is 1.58. The van der Waals surface area contributed by atoms with Crippen molar-refractivity contribution in [2.24, 2.45) is 28.6 Å². The standard InChI is InChI=1S/C26H33NO4/c1-24-13-12-22(28)27-21(24)9-8-16-17(24)10-14-25(2)18(16)11-15-26(25,23(29)30)19-6-4-5-7-20(19)31-3/h4-7,12-13,16-18,21H,8-11,14-15H2,1-3H3,(H,27,28)(H,29,30)/t16-,17-,18+,21?,24-,25+,26?/m1/s1. The molecule has 0 aromatic heterocycles. The van der Waals surface area contributed by atoms with E-state index >= 15 is 0 Å². The molecule has 4 aliphatic rings. The number of carbonyl (C=O) groups excluding carboxylic acids is 1. The predicted molar refractivity (Wildman–Crippen MR) is 118 cm³/mol. The molecule has 1 heterocycles. The highest BCUT2D eigenvalue weighted by Gasteiger charge is 2.68. The number of carboxylic acid groups (broad SMARTS) is 1. The average Bonchev–Trinajstić information content (AvgIpc) is 3.08. The van der Waals surface area contributed by atoms with E-state index in [-0.39, 0.29) is 22.8 Å². The second kappa shape index (κ2) is 6.85. The van der Waals surface area contributed by atoms with Crippen molar-refractivity contribution in [3.63, 3.8) is 0 Å². The lowest BCUT2D eigenvalue weighted by atomic mass is 9.45. The lowest BCUT2D eigenvalue weighted by Crippen LogP contribution is -2.61. The summed E-state index contributed by atoms with van der Waals surface area (Å²) in [5.74, 6) is 1.30. The number of hydrogen-bond donors (Lipinski definition) is 2. The number of fused-ring (bicyclic) bond motifs is 5. The largest absolute Gasteiger partial charge is 0.496 e. The van der Waals surface area contributed by atoms with Gasteiger partial charge in [-0.2, -0.15) is 0 Å². The molecule has 0 bridgehead atoms. The molecule has 0 radical (unpaired) electrons. The summed E-state index contributed by atoms with van der Waals surface area (Å²) in [6.45, 7) is 4.53. The third kappa shape index (κ3) is 2.55. The minimum atomic E-state index is -0.927. The first-order chi connectivity index (χ1) is 14.8. The number of carboxylic acids is 1. The highest BCUT2D eigenvalue weighted by Crippen LogP contribution is 2.69. The fourth-order valence-electron chi connectivity index (χ4n) is 8.28. The highest BCUT2D eigenvalue weighted by molar-refractivity contribution is 5.89. The SMILES string of the molecule is COc1ccccc1C1(C(=O)O)CC[C@H]2[C@@H]3CCC4NC(=O)C=C[C@]4(C)[C@@H]3CC[C@@]21C. The molecule has 7 atom stereocenters. The molecule has 5 rings (SSSR count). The quantitative estimate of drug-likeness (QED) is 0.759. The summed E-state index contributed by atoms with van der Waals surface area (Å²) in [6.07, 6.45) is 9.34. The number of hydrogen-bond acceptors (Lipinski definition) is 3. The molecule has 2 N–H and O–H groups in total. The van der Waals surface area contributed by atoms with Crippen LogP contribution in [0.5, 0.6) is 5.75 Å². The molecule has 5 nitrogen and oxygen atoms in total. The number of rotatable bonds is 3. The monoisotopic (exact) mass is 423 g/mol. The number of amides is 1. The third-order valence-electron chi connectivity index (χ3n) is 9.81. The van der Waals surface area contributed by atoms with E-state index in [0.29, 0.717) is 29.9 Å². The van der Waals surface area contributed by atoms with Crippen molar-refractivity contribution < 1.29 is 19.4 Å². The zero-order chi connectivity index (χ0) is 22.0. The fraction of sp³-hybridized carbons (Fsp3) is 0.615. The second-order valence-corrected chi connectivity index (χ2v) is 10.6. The van der Waals surface area contributed by atoms with Crippen molar-refractivity contribution in [2.75, 3.05) is 7.11 Å². The molecule has 1 aliphatic heterocycles. The van der Waals surface area contributed by atoms with Crippen molar-refractivity contribution >= 4 is 11.9 Å². The Labute approximate surface area is 184 Å². The molecule has 2 unspecified atom stereocenters. The average molecular weight is 424 g/mol. The molecular weight excluding hydrogens is 390 g/mol. The van der Waals surface area contributed by atoms with Gasteiger partial charge in [0.25, 0.3) is 0 Å². The van der Waals surface area contributed by atoms with Crippen molar-refractivity contribution in [2.45, 2.75) is 63.8 Å². The van der Waals surface area contributed by atoms with Gasteiger partial charge in [-0.15, -0.1) is 0 Å². The number of para-hydroxylation sites is 1. The van der Waals surface area contributed by atoms with Crippen molar-refractivity contribution in [1.82, 2.24) is 5.32 Å². The summed E-state index contributed by atoms with van der Waals surface area (Å²) in [7, 11) is 1.63. The summed E-state index contributed by atoms with van der Waals surface area (Å²) in [5, 5.41) is 13.9. The zero-order valence-electron chi connectivity index (χ0n) is 18.7. The first-order valence-electron chi connectivity index (χ1n) is 11.6. The summed E-state index contributed by atoms with van der Waals surface area (Å²) in [6, 6.07) is 7.89. The minimum absolute atomic E-state index is 0.0171. The van der Waals surface area contributed by atoms with Crippen LogP contribution in [0.4, 0.5) is 0 Å². The topological polar surface area (TPSA) is 75.6 Å². The first-order valence-corrected chi connectivity index (χ1v) is 11.6. The molecule has 1 amide bonds. The molecule has 3 saturated carbocycles. The van der Waals surface area contributed by atoms with E-state index in [9.17, 15) is 14.7 Å². The molecule has 3 aliphatic carbocycles. The smallest absolute Gasteiger partial charge is 0.314 e. The fourth-order valence-corrected chi connectivity index (χ4v) is 8.28. The summed E-state index contributed by atoms with van der Waals surface area (Å²) < 4.78 is 5.65. The van der Waals surface area contributed by atoms with Crippen LogP contribution in [0.3, 0.4) is 0 Å². The number of ether oxygens (including phenoxy) is 1. The molecule has 5 heteroatoms. The minimum Gasteiger partial charge on any atom is -0.496 e. The maximum absolute atomic E-state index is 13.0. The van der Waals surface area contributed by atoms with Crippen LogP contribution < -0.4 is 10.1 Å². The van der Waals surface area contributed by atoms with Crippen LogP contribution in [-0.2, 0) is 15.0 Å². The van der Waals surface area contributed by atoms with Crippen LogP contribution in [-0.4, -0.2) is 30.1 Å². The summed E-state index contributed by atoms with van der Waals surface area (Å²) in [5.41, 5.74) is -0.460. The van der Waals surface area contributed by atoms with Gasteiger partial charge in [-0.05, 0) is 73.8 Å². The van der Waals surface area contributed by atoms with Crippen LogP contribution in [0, 0.1) is 28.6 Å². The van der Waals surface area contributed by atoms with Gasteiger partial charge in [0.1, 0.15) is 11.2 Å². The highest BCUT2D eigenvalue weighted by atomic mass is 16.5. The van der Waals surface area contributed by atoms with Crippen LogP contribution in [0.25, 0.3) is 0 Å². The lowest BCUT2D eigenvalue weighted by Gasteiger charge is -2.60. The van der Waals surface area contributed by atoms with E-state index < -0.39 is 11.4 Å². The number of methoxy groups -OCH3 is 1. The van der Waals surface area contributed by atoms with Gasteiger partial charge < -0.3 is 15.2 Å². The Morgan fingerprint density at radius 3 is 2.58 bits per heavy atom. The van der Waals surface area contributed by atoms with Gasteiger partial charge in [-0.3, -0.25) is 9.59 Å². The molecule has 1 aromatic carbocycles. The van der Waals surface area contributed by atoms with Gasteiger partial charge in [0.05, 0.1) is 7.11 Å². The molecule has 166 valence electrons. The van der Waals surface area contributed by atoms with Gasteiger partial charge >= 0.3 is 5.97 Å². The van der Waals surface area contributed by atoms with Crippen molar-refractivity contribution in [3.05, 3.63) is 42.0 Å². The maximum atomic E-state index is 13.0. The molecule has 0 spiro atoms. The first kappa shape index (κ1) is 20.6. The Hall–Kier alpha value is -2.30.